The lowest BCUT2D eigenvalue weighted by molar-refractivity contribution is -0.130. The number of piperidine rings is 1. The monoisotopic (exact) mass is 494 g/mol. The van der Waals surface area contributed by atoms with Crippen molar-refractivity contribution in [3.63, 3.8) is 0 Å². The average Bonchev–Trinajstić information content (AvgIpc) is 3.64. The number of aromatic nitrogens is 1. The summed E-state index contributed by atoms with van der Waals surface area (Å²) in [5.41, 5.74) is 1.27. The van der Waals surface area contributed by atoms with Crippen molar-refractivity contribution in [1.29, 1.82) is 0 Å². The summed E-state index contributed by atoms with van der Waals surface area (Å²) in [6.45, 7) is 3.03. The third-order valence-corrected chi connectivity index (χ3v) is 8.18. The van der Waals surface area contributed by atoms with Crippen LogP contribution in [0.15, 0.2) is 42.6 Å². The van der Waals surface area contributed by atoms with Crippen LogP contribution in [0.4, 0.5) is 5.82 Å². The van der Waals surface area contributed by atoms with Gasteiger partial charge in [-0.05, 0) is 74.8 Å². The van der Waals surface area contributed by atoms with Crippen molar-refractivity contribution in [3.05, 3.63) is 58.7 Å². The zero-order valence-electron chi connectivity index (χ0n) is 20.4. The minimum Gasteiger partial charge on any atom is -0.353 e. The first-order valence-corrected chi connectivity index (χ1v) is 13.5. The van der Waals surface area contributed by atoms with E-state index in [1.165, 1.54) is 0 Å². The molecule has 5 rings (SSSR count). The Balaban J connectivity index is 1.24. The van der Waals surface area contributed by atoms with Crippen LogP contribution in [0.3, 0.4) is 0 Å². The van der Waals surface area contributed by atoms with Gasteiger partial charge in [0, 0.05) is 35.9 Å². The summed E-state index contributed by atoms with van der Waals surface area (Å²) in [5.74, 6) is 1.03. The molecule has 0 radical (unpaired) electrons. The minimum atomic E-state index is -0.416. The summed E-state index contributed by atoms with van der Waals surface area (Å²) in [6.07, 6.45) is 10.6. The van der Waals surface area contributed by atoms with Crippen LogP contribution in [0.2, 0.25) is 5.02 Å². The lowest BCUT2D eigenvalue weighted by Crippen LogP contribution is -2.56. The van der Waals surface area contributed by atoms with Crippen molar-refractivity contribution < 1.29 is 9.59 Å². The Kier molecular flexibility index (Phi) is 7.01. The summed E-state index contributed by atoms with van der Waals surface area (Å²) >= 11 is 6.08. The zero-order chi connectivity index (χ0) is 24.4. The van der Waals surface area contributed by atoms with Gasteiger partial charge in [0.05, 0.1) is 11.0 Å². The van der Waals surface area contributed by atoms with Gasteiger partial charge in [-0.1, -0.05) is 43.5 Å². The fourth-order valence-corrected chi connectivity index (χ4v) is 5.67. The molecule has 1 aliphatic heterocycles. The molecule has 186 valence electrons. The number of amides is 2. The lowest BCUT2D eigenvalue weighted by atomic mass is 9.63. The normalized spacial score (nSPS) is 23.3. The predicted octanol–water partition coefficient (Wildman–Crippen LogP) is 5.00. The second kappa shape index (κ2) is 10.2. The quantitative estimate of drug-likeness (QED) is 0.541. The summed E-state index contributed by atoms with van der Waals surface area (Å²) < 4.78 is 0. The Morgan fingerprint density at radius 1 is 1.06 bits per heavy atom. The largest absolute Gasteiger partial charge is 0.353 e. The summed E-state index contributed by atoms with van der Waals surface area (Å²) in [6, 6.07) is 12.4. The minimum absolute atomic E-state index is 0.0383. The zero-order valence-corrected chi connectivity index (χ0v) is 21.2. The number of pyridine rings is 1. The molecule has 6 nitrogen and oxygen atoms in total. The van der Waals surface area contributed by atoms with E-state index in [-0.39, 0.29) is 17.9 Å². The van der Waals surface area contributed by atoms with Gasteiger partial charge < -0.3 is 15.5 Å². The summed E-state index contributed by atoms with van der Waals surface area (Å²) in [5, 5.41) is 7.13. The number of hydrogen-bond donors (Lipinski definition) is 2. The molecule has 3 fully saturated rings. The van der Waals surface area contributed by atoms with Crippen LogP contribution in [0.5, 0.6) is 0 Å². The molecule has 0 spiro atoms. The first-order valence-electron chi connectivity index (χ1n) is 13.1. The average molecular weight is 495 g/mol. The van der Waals surface area contributed by atoms with Crippen molar-refractivity contribution in [2.24, 2.45) is 0 Å². The van der Waals surface area contributed by atoms with Gasteiger partial charge in [0.15, 0.2) is 0 Å². The van der Waals surface area contributed by atoms with E-state index in [1.54, 1.807) is 6.20 Å². The molecule has 2 saturated carbocycles. The maximum atomic E-state index is 13.5. The number of benzene rings is 1. The number of anilines is 1. The molecule has 2 aliphatic carbocycles. The Bertz CT molecular complexity index is 1050. The first-order chi connectivity index (χ1) is 17.0. The number of rotatable bonds is 8. The maximum Gasteiger partial charge on any atom is 0.253 e. The van der Waals surface area contributed by atoms with Crippen LogP contribution < -0.4 is 15.5 Å². The molecule has 7 heteroatoms. The molecule has 2 amide bonds. The van der Waals surface area contributed by atoms with Crippen molar-refractivity contribution in [2.75, 3.05) is 11.4 Å². The highest BCUT2D eigenvalue weighted by molar-refractivity contribution is 6.30. The van der Waals surface area contributed by atoms with Crippen molar-refractivity contribution in [1.82, 2.24) is 15.6 Å². The van der Waals surface area contributed by atoms with Gasteiger partial charge in [0.25, 0.3) is 5.91 Å². The van der Waals surface area contributed by atoms with Crippen molar-refractivity contribution in [2.45, 2.75) is 88.3 Å². The summed E-state index contributed by atoms with van der Waals surface area (Å²) in [4.78, 5) is 32.8. The van der Waals surface area contributed by atoms with Crippen molar-refractivity contribution in [3.8, 4) is 0 Å². The molecule has 2 unspecified atom stereocenters. The van der Waals surface area contributed by atoms with E-state index in [9.17, 15) is 9.59 Å². The van der Waals surface area contributed by atoms with E-state index in [0.717, 1.165) is 75.7 Å². The fraction of sp³-hybridized carbons (Fsp3) is 0.536. The maximum absolute atomic E-state index is 13.5. The number of nitrogens with zero attached hydrogens (tertiary/aromatic N) is 2. The predicted molar refractivity (Wildman–Crippen MR) is 139 cm³/mol. The van der Waals surface area contributed by atoms with E-state index in [0.29, 0.717) is 22.7 Å². The molecule has 1 aromatic carbocycles. The summed E-state index contributed by atoms with van der Waals surface area (Å²) in [7, 11) is 0. The molecule has 2 N–H and O–H groups in total. The second-order valence-corrected chi connectivity index (χ2v) is 10.9. The highest BCUT2D eigenvalue weighted by atomic mass is 35.5. The molecule has 1 saturated heterocycles. The Morgan fingerprint density at radius 2 is 1.83 bits per heavy atom. The Hall–Kier alpha value is -2.60. The first kappa shape index (κ1) is 24.1. The van der Waals surface area contributed by atoms with Crippen LogP contribution >= 0.6 is 11.6 Å². The molecule has 2 atom stereocenters. The van der Waals surface area contributed by atoms with Crippen LogP contribution in [0, 0.1) is 0 Å². The highest BCUT2D eigenvalue weighted by Gasteiger charge is 2.46. The van der Waals surface area contributed by atoms with Gasteiger partial charge in [-0.2, -0.15) is 0 Å². The Labute approximate surface area is 212 Å². The van der Waals surface area contributed by atoms with Crippen LogP contribution in [0.1, 0.15) is 80.6 Å². The molecular weight excluding hydrogens is 460 g/mol. The van der Waals surface area contributed by atoms with E-state index in [2.05, 4.69) is 27.4 Å². The second-order valence-electron chi connectivity index (χ2n) is 10.4. The van der Waals surface area contributed by atoms with Crippen molar-refractivity contribution >= 4 is 29.2 Å². The van der Waals surface area contributed by atoms with Gasteiger partial charge in [-0.15, -0.1) is 0 Å². The Morgan fingerprint density at radius 3 is 2.43 bits per heavy atom. The van der Waals surface area contributed by atoms with Gasteiger partial charge in [0.2, 0.25) is 5.91 Å². The van der Waals surface area contributed by atoms with Gasteiger partial charge in [0.1, 0.15) is 5.82 Å². The van der Waals surface area contributed by atoms with E-state index < -0.39 is 5.41 Å². The molecule has 1 aromatic heterocycles. The number of hydrogen-bond acceptors (Lipinski definition) is 4. The van der Waals surface area contributed by atoms with Gasteiger partial charge >= 0.3 is 0 Å². The smallest absolute Gasteiger partial charge is 0.253 e. The molecular formula is C28H35ClN4O2. The molecule has 3 aliphatic rings. The third kappa shape index (κ3) is 5.18. The molecule has 2 aromatic rings. The van der Waals surface area contributed by atoms with Crippen LogP contribution in [-0.2, 0) is 10.2 Å². The lowest BCUT2D eigenvalue weighted by Gasteiger charge is -2.44. The van der Waals surface area contributed by atoms with E-state index in [1.807, 2.05) is 36.4 Å². The number of carbonyl (C=O) groups is 2. The standard InChI is InChI=1S/C28H35ClN4O2/c1-2-4-24-17-23(32-27(35)28(14-3-15-28)20-6-8-21(29)9-7-20)13-16-33(24)25-12-5-19(18-30-25)26(34)31-22-10-11-22/h5-9,12,18,22-24H,2-4,10-11,13-17H2,1H3,(H,31,34)(H,32,35). The van der Waals surface area contributed by atoms with Crippen LogP contribution in [0.25, 0.3) is 0 Å². The number of nitrogens with one attached hydrogen (secondary N) is 2. The molecule has 0 bridgehead atoms. The third-order valence-electron chi connectivity index (χ3n) is 7.93. The van der Waals surface area contributed by atoms with E-state index >= 15 is 0 Å². The molecule has 2 heterocycles. The number of carbonyl (C=O) groups excluding carboxylic acids is 2. The topological polar surface area (TPSA) is 74.3 Å². The SMILES string of the molecule is CCCC1CC(NC(=O)C2(c3ccc(Cl)cc3)CCC2)CCN1c1ccc(C(=O)NC2CC2)cn1. The molecule has 35 heavy (non-hydrogen) atoms. The van der Waals surface area contributed by atoms with Gasteiger partial charge in [-0.3, -0.25) is 9.59 Å². The highest BCUT2D eigenvalue weighted by Crippen LogP contribution is 2.44. The fourth-order valence-electron chi connectivity index (χ4n) is 5.55. The van der Waals surface area contributed by atoms with Crippen LogP contribution in [-0.4, -0.2) is 41.5 Å². The van der Waals surface area contributed by atoms with Gasteiger partial charge in [-0.25, -0.2) is 4.98 Å². The number of halogens is 1. The van der Waals surface area contributed by atoms with E-state index in [4.69, 9.17) is 11.6 Å².